The maximum absolute atomic E-state index is 11.6. The highest BCUT2D eigenvalue weighted by atomic mass is 32.1. The summed E-state index contributed by atoms with van der Waals surface area (Å²) < 4.78 is 5.17. The average Bonchev–Trinajstić information content (AvgIpc) is 2.14. The summed E-state index contributed by atoms with van der Waals surface area (Å²) in [5.41, 5.74) is 5.79. The summed E-state index contributed by atoms with van der Waals surface area (Å²) in [6.45, 7) is 9.74. The second-order valence-corrected chi connectivity index (χ2v) is 5.14. The molecule has 0 aliphatic heterocycles. The number of hydrogen-bond acceptors (Lipinski definition) is 4. The van der Waals surface area contributed by atoms with Crippen LogP contribution in [0.2, 0.25) is 0 Å². The number of nitrogens with one attached hydrogen (secondary N) is 1. The molecule has 1 atom stereocenters. The van der Waals surface area contributed by atoms with Gasteiger partial charge in [-0.15, -0.1) is 0 Å². The van der Waals surface area contributed by atoms with Crippen LogP contribution in [-0.4, -0.2) is 29.6 Å². The first-order valence-corrected chi connectivity index (χ1v) is 6.08. The van der Waals surface area contributed by atoms with Gasteiger partial charge in [0, 0.05) is 11.4 Å². The maximum atomic E-state index is 11.6. The molecule has 0 unspecified atom stereocenters. The molecule has 3 N–H and O–H groups in total. The standard InChI is InChI=1S/C12H22N2O2S/c1-9(8-17)7-10(5-6-13)14-11(15)16-12(2,3)4/h8,10H,1,5-7,13H2,2-4H3,(H,14,15)/t10-/m1/s1. The number of ether oxygens (including phenoxy) is 1. The van der Waals surface area contributed by atoms with Gasteiger partial charge in [-0.2, -0.15) is 0 Å². The van der Waals surface area contributed by atoms with Crippen molar-refractivity contribution in [3.05, 3.63) is 12.2 Å². The van der Waals surface area contributed by atoms with Crippen molar-refractivity contribution in [2.45, 2.75) is 45.3 Å². The van der Waals surface area contributed by atoms with Crippen LogP contribution in [0.5, 0.6) is 0 Å². The van der Waals surface area contributed by atoms with Crippen LogP contribution < -0.4 is 11.1 Å². The van der Waals surface area contributed by atoms with Gasteiger partial charge in [0.1, 0.15) is 5.60 Å². The minimum Gasteiger partial charge on any atom is -0.444 e. The summed E-state index contributed by atoms with van der Waals surface area (Å²) in [4.78, 5) is 11.6. The number of amides is 1. The lowest BCUT2D eigenvalue weighted by Gasteiger charge is -2.23. The van der Waals surface area contributed by atoms with Crippen molar-refractivity contribution in [2.24, 2.45) is 5.73 Å². The number of hydrogen-bond donors (Lipinski definition) is 2. The highest BCUT2D eigenvalue weighted by Gasteiger charge is 2.19. The van der Waals surface area contributed by atoms with Crippen molar-refractivity contribution in [2.75, 3.05) is 6.54 Å². The molecule has 0 saturated carbocycles. The van der Waals surface area contributed by atoms with Gasteiger partial charge in [-0.3, -0.25) is 0 Å². The smallest absolute Gasteiger partial charge is 0.407 e. The Balaban J connectivity index is 4.28. The van der Waals surface area contributed by atoms with Gasteiger partial charge in [0.05, 0.1) is 0 Å². The van der Waals surface area contributed by atoms with Crippen LogP contribution in [-0.2, 0) is 4.74 Å². The van der Waals surface area contributed by atoms with Crippen LogP contribution in [0.15, 0.2) is 12.2 Å². The highest BCUT2D eigenvalue weighted by molar-refractivity contribution is 7.79. The Kier molecular flexibility index (Phi) is 6.99. The molecule has 1 amide bonds. The Hall–Kier alpha value is -0.940. The summed E-state index contributed by atoms with van der Waals surface area (Å²) in [5.74, 6) is 0. The Morgan fingerprint density at radius 1 is 1.59 bits per heavy atom. The molecule has 0 rings (SSSR count). The van der Waals surface area contributed by atoms with Crippen LogP contribution in [0, 0.1) is 0 Å². The van der Waals surface area contributed by atoms with E-state index in [1.165, 1.54) is 5.37 Å². The molecule has 17 heavy (non-hydrogen) atoms. The predicted molar refractivity (Wildman–Crippen MR) is 74.2 cm³/mol. The second kappa shape index (κ2) is 7.40. The molecular weight excluding hydrogens is 236 g/mol. The minimum atomic E-state index is -0.501. The fraction of sp³-hybridized carbons (Fsp3) is 0.667. The van der Waals surface area contributed by atoms with Crippen molar-refractivity contribution in [1.29, 1.82) is 0 Å². The molecular formula is C12H22N2O2S. The summed E-state index contributed by atoms with van der Waals surface area (Å²) in [6.07, 6.45) is 0.828. The van der Waals surface area contributed by atoms with Crippen molar-refractivity contribution in [1.82, 2.24) is 5.32 Å². The molecule has 0 aromatic heterocycles. The van der Waals surface area contributed by atoms with Gasteiger partial charge in [-0.1, -0.05) is 18.8 Å². The molecule has 0 spiro atoms. The molecule has 0 aliphatic rings. The lowest BCUT2D eigenvalue weighted by Crippen LogP contribution is -2.40. The van der Waals surface area contributed by atoms with Crippen LogP contribution in [0.4, 0.5) is 4.79 Å². The first-order valence-electron chi connectivity index (χ1n) is 5.61. The van der Waals surface area contributed by atoms with E-state index < -0.39 is 11.7 Å². The first kappa shape index (κ1) is 16.1. The van der Waals surface area contributed by atoms with Gasteiger partial charge < -0.3 is 15.8 Å². The van der Waals surface area contributed by atoms with Gasteiger partial charge in [0.25, 0.3) is 0 Å². The fourth-order valence-electron chi connectivity index (χ4n) is 1.27. The Morgan fingerprint density at radius 3 is 2.59 bits per heavy atom. The van der Waals surface area contributed by atoms with Gasteiger partial charge in [-0.05, 0) is 45.7 Å². The molecule has 0 aromatic rings. The van der Waals surface area contributed by atoms with Crippen molar-refractivity contribution < 1.29 is 9.53 Å². The molecule has 0 saturated heterocycles. The molecule has 0 aromatic carbocycles. The summed E-state index contributed by atoms with van der Waals surface area (Å²) in [7, 11) is 0. The van der Waals surface area contributed by atoms with E-state index in [-0.39, 0.29) is 6.04 Å². The van der Waals surface area contributed by atoms with Crippen LogP contribution in [0.1, 0.15) is 33.6 Å². The van der Waals surface area contributed by atoms with Crippen LogP contribution in [0.25, 0.3) is 0 Å². The average molecular weight is 258 g/mol. The molecule has 5 heteroatoms. The third-order valence-corrected chi connectivity index (χ3v) is 2.24. The molecule has 0 aliphatic carbocycles. The number of carbonyl (C=O) groups excluding carboxylic acids is 1. The number of nitrogens with two attached hydrogens (primary N) is 1. The zero-order valence-electron chi connectivity index (χ0n) is 10.8. The lowest BCUT2D eigenvalue weighted by atomic mass is 10.1. The Bertz CT molecular complexity index is 285. The van der Waals surface area contributed by atoms with E-state index in [0.717, 1.165) is 5.57 Å². The van der Waals surface area contributed by atoms with Crippen molar-refractivity contribution in [3.63, 3.8) is 0 Å². The van der Waals surface area contributed by atoms with Crippen LogP contribution in [0.3, 0.4) is 0 Å². The molecule has 4 nitrogen and oxygen atoms in total. The topological polar surface area (TPSA) is 64.3 Å². The number of carbonyl (C=O) groups is 1. The van der Waals surface area contributed by atoms with Crippen molar-refractivity contribution in [3.8, 4) is 0 Å². The number of thiocarbonyl (C=S) groups is 1. The normalized spacial score (nSPS) is 12.7. The molecule has 0 radical (unpaired) electrons. The lowest BCUT2D eigenvalue weighted by molar-refractivity contribution is 0.0503. The van der Waals surface area contributed by atoms with Crippen molar-refractivity contribution >= 4 is 23.7 Å². The molecule has 0 fully saturated rings. The van der Waals surface area contributed by atoms with E-state index in [4.69, 9.17) is 22.7 Å². The summed E-state index contributed by atoms with van der Waals surface area (Å²) in [5, 5.41) is 4.29. The third-order valence-electron chi connectivity index (χ3n) is 1.91. The van der Waals surface area contributed by atoms with E-state index in [1.54, 1.807) is 0 Å². The summed E-state index contributed by atoms with van der Waals surface area (Å²) in [6, 6.07) is -0.0819. The van der Waals surface area contributed by atoms with Gasteiger partial charge in [0.2, 0.25) is 0 Å². The SMILES string of the molecule is C=C(C=S)C[C@@H](CCN)NC(=O)OC(C)(C)C. The predicted octanol–water partition coefficient (Wildman–Crippen LogP) is 2.17. The van der Waals surface area contributed by atoms with E-state index in [9.17, 15) is 4.79 Å². The van der Waals surface area contributed by atoms with E-state index in [1.807, 2.05) is 20.8 Å². The Labute approximate surface area is 109 Å². The minimum absolute atomic E-state index is 0.0819. The van der Waals surface area contributed by atoms with E-state index in [0.29, 0.717) is 19.4 Å². The molecule has 0 bridgehead atoms. The molecule has 98 valence electrons. The van der Waals surface area contributed by atoms with Gasteiger partial charge >= 0.3 is 6.09 Å². The fourth-order valence-corrected chi connectivity index (χ4v) is 1.36. The second-order valence-electron chi connectivity index (χ2n) is 4.90. The maximum Gasteiger partial charge on any atom is 0.407 e. The van der Waals surface area contributed by atoms with Gasteiger partial charge in [-0.25, -0.2) is 4.79 Å². The number of rotatable bonds is 6. The first-order chi connectivity index (χ1) is 7.78. The third kappa shape index (κ3) is 8.83. The monoisotopic (exact) mass is 258 g/mol. The largest absolute Gasteiger partial charge is 0.444 e. The zero-order valence-corrected chi connectivity index (χ0v) is 11.6. The number of alkyl carbamates (subject to hydrolysis) is 1. The molecule has 0 heterocycles. The highest BCUT2D eigenvalue weighted by Crippen LogP contribution is 2.09. The zero-order chi connectivity index (χ0) is 13.5. The summed E-state index contributed by atoms with van der Waals surface area (Å²) >= 11 is 4.78. The van der Waals surface area contributed by atoms with E-state index >= 15 is 0 Å². The van der Waals surface area contributed by atoms with Crippen LogP contribution >= 0.6 is 12.2 Å². The van der Waals surface area contributed by atoms with Gasteiger partial charge in [0.15, 0.2) is 0 Å². The van der Waals surface area contributed by atoms with E-state index in [2.05, 4.69) is 11.9 Å². The Morgan fingerprint density at radius 2 is 2.18 bits per heavy atom. The quantitative estimate of drug-likeness (QED) is 0.566.